The molecule has 2 N–H and O–H groups in total. The molecule has 1 rings (SSSR count). The molecule has 2 atom stereocenters. The highest BCUT2D eigenvalue weighted by Crippen LogP contribution is 2.28. The lowest BCUT2D eigenvalue weighted by Crippen LogP contribution is -2.49. The van der Waals surface area contributed by atoms with E-state index in [4.69, 9.17) is 0 Å². The van der Waals surface area contributed by atoms with Crippen LogP contribution in [0.5, 0.6) is 0 Å². The molecule has 3 amide bonds. The summed E-state index contributed by atoms with van der Waals surface area (Å²) in [5.41, 5.74) is -0.0874. The number of amides is 3. The molecule has 0 radical (unpaired) electrons. The van der Waals surface area contributed by atoms with Crippen LogP contribution in [0.25, 0.3) is 0 Å². The molecule has 27 heavy (non-hydrogen) atoms. The maximum absolute atomic E-state index is 12.9. The molecule has 0 aliphatic heterocycles. The number of hydrogen-bond donors (Lipinski definition) is 2. The minimum Gasteiger partial charge on any atom is -0.337 e. The molecule has 2 unspecified atom stereocenters. The van der Waals surface area contributed by atoms with Gasteiger partial charge in [-0.05, 0) is 51.7 Å². The fourth-order valence-electron chi connectivity index (χ4n) is 3.95. The lowest BCUT2D eigenvalue weighted by atomic mass is 9.81. The Morgan fingerprint density at radius 3 is 2.48 bits per heavy atom. The van der Waals surface area contributed by atoms with Crippen molar-refractivity contribution in [2.45, 2.75) is 46.0 Å². The molecule has 0 saturated heterocycles. The average molecular weight is 383 g/mol. The van der Waals surface area contributed by atoms with E-state index in [1.165, 1.54) is 11.9 Å². The summed E-state index contributed by atoms with van der Waals surface area (Å²) in [5, 5.41) is 5.93. The van der Waals surface area contributed by atoms with Crippen molar-refractivity contribution in [1.82, 2.24) is 20.4 Å². The van der Waals surface area contributed by atoms with E-state index in [2.05, 4.69) is 29.4 Å². The van der Waals surface area contributed by atoms with Crippen molar-refractivity contribution in [1.29, 1.82) is 0 Å². The topological polar surface area (TPSA) is 81.8 Å². The first-order valence-electron chi connectivity index (χ1n) is 9.92. The highest BCUT2D eigenvalue weighted by molar-refractivity contribution is 5.95. The Kier molecular flexibility index (Phi) is 9.39. The number of nitrogens with zero attached hydrogens (tertiary/aromatic N) is 2. The van der Waals surface area contributed by atoms with Crippen molar-refractivity contribution < 1.29 is 14.4 Å². The predicted molar refractivity (Wildman–Crippen MR) is 108 cm³/mol. The van der Waals surface area contributed by atoms with Gasteiger partial charge in [0, 0.05) is 39.5 Å². The van der Waals surface area contributed by atoms with E-state index in [0.717, 1.165) is 19.4 Å². The normalized spacial score (nSPS) is 19.1. The van der Waals surface area contributed by atoms with Gasteiger partial charge in [-0.25, -0.2) is 4.79 Å². The van der Waals surface area contributed by atoms with Crippen LogP contribution in [0.2, 0.25) is 0 Å². The third-order valence-electron chi connectivity index (χ3n) is 5.10. The second kappa shape index (κ2) is 10.8. The molecule has 0 aromatic heterocycles. The number of Topliss-reactive ketones (excluding diaryl/α,β-unsaturated/α-hetero) is 1. The van der Waals surface area contributed by atoms with Crippen molar-refractivity contribution in [3.05, 3.63) is 0 Å². The Labute approximate surface area is 164 Å². The van der Waals surface area contributed by atoms with Crippen molar-refractivity contribution in [3.8, 4) is 0 Å². The molecule has 156 valence electrons. The molecule has 7 heteroatoms. The molecular weight excluding hydrogens is 344 g/mol. The summed E-state index contributed by atoms with van der Waals surface area (Å²) in [5.74, 6) is 0.0434. The first kappa shape index (κ1) is 23.6. The number of hydrogen-bond acceptors (Lipinski definition) is 5. The number of urea groups is 1. The van der Waals surface area contributed by atoms with Gasteiger partial charge < -0.3 is 15.5 Å². The first-order valence-corrected chi connectivity index (χ1v) is 9.92. The van der Waals surface area contributed by atoms with Crippen molar-refractivity contribution in [2.24, 2.45) is 17.3 Å². The zero-order chi connectivity index (χ0) is 20.6. The number of carbonyl (C=O) groups is 3. The van der Waals surface area contributed by atoms with Crippen LogP contribution >= 0.6 is 0 Å². The number of rotatable bonds is 9. The predicted octanol–water partition coefficient (Wildman–Crippen LogP) is 1.73. The summed E-state index contributed by atoms with van der Waals surface area (Å²) in [4.78, 5) is 40.3. The molecule has 7 nitrogen and oxygen atoms in total. The minimum absolute atomic E-state index is 0.0874. The molecule has 0 aromatic carbocycles. The monoisotopic (exact) mass is 382 g/mol. The molecule has 1 aliphatic rings. The van der Waals surface area contributed by atoms with Gasteiger partial charge in [-0.3, -0.25) is 14.5 Å². The molecular formula is C20H38N4O3. The van der Waals surface area contributed by atoms with Crippen LogP contribution in [-0.2, 0) is 9.59 Å². The van der Waals surface area contributed by atoms with E-state index in [1.807, 2.05) is 14.1 Å². The molecule has 1 saturated carbocycles. The maximum Gasteiger partial charge on any atom is 0.323 e. The Bertz CT molecular complexity index is 519. The lowest BCUT2D eigenvalue weighted by Gasteiger charge is -2.30. The third-order valence-corrected chi connectivity index (χ3v) is 5.10. The van der Waals surface area contributed by atoms with E-state index >= 15 is 0 Å². The lowest BCUT2D eigenvalue weighted by molar-refractivity contribution is -0.132. The summed E-state index contributed by atoms with van der Waals surface area (Å²) in [6.07, 6.45) is 3.75. The van der Waals surface area contributed by atoms with Gasteiger partial charge in [0.2, 0.25) is 5.91 Å². The fraction of sp³-hybridized carbons (Fsp3) is 0.850. The van der Waals surface area contributed by atoms with Gasteiger partial charge in [0.1, 0.15) is 5.78 Å². The second-order valence-corrected chi connectivity index (χ2v) is 8.95. The van der Waals surface area contributed by atoms with Gasteiger partial charge in [-0.15, -0.1) is 0 Å². The Hall–Kier alpha value is -1.47. The molecule has 1 aliphatic carbocycles. The number of ketones is 1. The van der Waals surface area contributed by atoms with Gasteiger partial charge in [-0.2, -0.15) is 0 Å². The summed E-state index contributed by atoms with van der Waals surface area (Å²) in [7, 11) is 7.33. The first-order chi connectivity index (χ1) is 12.6. The van der Waals surface area contributed by atoms with E-state index < -0.39 is 0 Å². The Balaban J connectivity index is 2.62. The minimum atomic E-state index is -0.368. The number of imide groups is 1. The Morgan fingerprint density at radius 1 is 1.26 bits per heavy atom. The van der Waals surface area contributed by atoms with Crippen LogP contribution in [0, 0.1) is 17.3 Å². The smallest absolute Gasteiger partial charge is 0.323 e. The molecule has 0 spiro atoms. The van der Waals surface area contributed by atoms with E-state index in [9.17, 15) is 14.4 Å². The SMILES string of the molecule is CNCC(CC1CCCC(=O)C1)C(=O)N(C)C(=O)NCC(C)(C)CN(C)C. The van der Waals surface area contributed by atoms with E-state index in [0.29, 0.717) is 32.4 Å². The number of carbonyl (C=O) groups excluding carboxylic acids is 3. The van der Waals surface area contributed by atoms with Crippen LogP contribution in [0.15, 0.2) is 0 Å². The fourth-order valence-corrected chi connectivity index (χ4v) is 3.95. The van der Waals surface area contributed by atoms with Gasteiger partial charge in [0.15, 0.2) is 0 Å². The highest BCUT2D eigenvalue weighted by atomic mass is 16.2. The zero-order valence-electron chi connectivity index (χ0n) is 17.9. The van der Waals surface area contributed by atoms with E-state index in [-0.39, 0.29) is 35.0 Å². The molecule has 0 aromatic rings. The highest BCUT2D eigenvalue weighted by Gasteiger charge is 2.30. The number of nitrogens with one attached hydrogen (secondary N) is 2. The van der Waals surface area contributed by atoms with Crippen LogP contribution in [0.3, 0.4) is 0 Å². The van der Waals surface area contributed by atoms with Crippen LogP contribution in [0.4, 0.5) is 4.79 Å². The second-order valence-electron chi connectivity index (χ2n) is 8.95. The van der Waals surface area contributed by atoms with Gasteiger partial charge >= 0.3 is 6.03 Å². The Morgan fingerprint density at radius 2 is 1.93 bits per heavy atom. The standard InChI is InChI=1S/C20H38N4O3/c1-20(2,14-23(4)5)13-22-19(27)24(6)18(26)16(12-21-3)10-15-8-7-9-17(25)11-15/h15-16,21H,7-14H2,1-6H3,(H,22,27). The molecule has 1 fully saturated rings. The van der Waals surface area contributed by atoms with Crippen molar-refractivity contribution in [2.75, 3.05) is 47.8 Å². The molecule has 0 heterocycles. The van der Waals surface area contributed by atoms with Crippen LogP contribution < -0.4 is 10.6 Å². The van der Waals surface area contributed by atoms with E-state index in [1.54, 1.807) is 7.05 Å². The van der Waals surface area contributed by atoms with Crippen molar-refractivity contribution >= 4 is 17.7 Å². The summed E-state index contributed by atoms with van der Waals surface area (Å²) in [6.45, 7) is 6.00. The maximum atomic E-state index is 12.9. The van der Waals surface area contributed by atoms with Gasteiger partial charge in [-0.1, -0.05) is 13.8 Å². The third kappa shape index (κ3) is 8.39. The van der Waals surface area contributed by atoms with Gasteiger partial charge in [0.05, 0.1) is 5.92 Å². The summed E-state index contributed by atoms with van der Waals surface area (Å²) < 4.78 is 0. The summed E-state index contributed by atoms with van der Waals surface area (Å²) >= 11 is 0. The van der Waals surface area contributed by atoms with Crippen molar-refractivity contribution in [3.63, 3.8) is 0 Å². The average Bonchev–Trinajstić information content (AvgIpc) is 2.57. The summed E-state index contributed by atoms with van der Waals surface area (Å²) in [6, 6.07) is -0.368. The largest absolute Gasteiger partial charge is 0.337 e. The van der Waals surface area contributed by atoms with Gasteiger partial charge in [0.25, 0.3) is 0 Å². The quantitative estimate of drug-likeness (QED) is 0.635. The zero-order valence-corrected chi connectivity index (χ0v) is 17.9. The van der Waals surface area contributed by atoms with Crippen LogP contribution in [-0.4, -0.2) is 75.3 Å². The molecule has 0 bridgehead atoms. The van der Waals surface area contributed by atoms with Crippen LogP contribution in [0.1, 0.15) is 46.0 Å².